The molecular formula is C16H17Cl2N3S. The van der Waals surface area contributed by atoms with Gasteiger partial charge in [-0.25, -0.2) is 4.98 Å². The van der Waals surface area contributed by atoms with Crippen LogP contribution in [-0.2, 0) is 0 Å². The number of nitrogens with zero attached hydrogens (tertiary/aromatic N) is 2. The van der Waals surface area contributed by atoms with Crippen LogP contribution in [-0.4, -0.2) is 10.7 Å². The van der Waals surface area contributed by atoms with Crippen LogP contribution < -0.4 is 5.43 Å². The van der Waals surface area contributed by atoms with Crippen LogP contribution in [0.5, 0.6) is 0 Å². The third-order valence-corrected chi connectivity index (χ3v) is 5.06. The fraction of sp³-hybridized carbons (Fsp3) is 0.375. The summed E-state index contributed by atoms with van der Waals surface area (Å²) in [6, 6.07) is 5.44. The predicted molar refractivity (Wildman–Crippen MR) is 96.3 cm³/mol. The Morgan fingerprint density at radius 2 is 2.23 bits per heavy atom. The van der Waals surface area contributed by atoms with Crippen LogP contribution in [0.3, 0.4) is 0 Å². The summed E-state index contributed by atoms with van der Waals surface area (Å²) < 4.78 is 0. The Bertz CT molecular complexity index is 696. The minimum absolute atomic E-state index is 0.608. The lowest BCUT2D eigenvalue weighted by Gasteiger charge is -2.18. The first-order valence-electron chi connectivity index (χ1n) is 7.34. The van der Waals surface area contributed by atoms with Crippen molar-refractivity contribution in [1.82, 2.24) is 4.98 Å². The lowest BCUT2D eigenvalue weighted by Crippen LogP contribution is -2.13. The first-order chi connectivity index (χ1) is 10.6. The second-order valence-corrected chi connectivity index (χ2v) is 7.36. The van der Waals surface area contributed by atoms with Gasteiger partial charge in [0.2, 0.25) is 5.13 Å². The molecule has 6 heteroatoms. The van der Waals surface area contributed by atoms with Crippen LogP contribution in [0.4, 0.5) is 5.13 Å². The van der Waals surface area contributed by atoms with Crippen molar-refractivity contribution in [3.8, 4) is 11.3 Å². The molecule has 1 atom stereocenters. The summed E-state index contributed by atoms with van der Waals surface area (Å²) in [7, 11) is 0. The highest BCUT2D eigenvalue weighted by Crippen LogP contribution is 2.32. The van der Waals surface area contributed by atoms with E-state index in [9.17, 15) is 0 Å². The van der Waals surface area contributed by atoms with E-state index in [4.69, 9.17) is 23.2 Å². The topological polar surface area (TPSA) is 37.3 Å². The average molecular weight is 354 g/mol. The minimum atomic E-state index is 0.608. The molecule has 1 N–H and O–H groups in total. The monoisotopic (exact) mass is 353 g/mol. The van der Waals surface area contributed by atoms with Crippen LogP contribution in [0.25, 0.3) is 11.3 Å². The highest BCUT2D eigenvalue weighted by atomic mass is 35.5. The van der Waals surface area contributed by atoms with Crippen molar-refractivity contribution in [1.29, 1.82) is 0 Å². The summed E-state index contributed by atoms with van der Waals surface area (Å²) in [6.45, 7) is 2.28. The van der Waals surface area contributed by atoms with E-state index in [2.05, 4.69) is 22.4 Å². The van der Waals surface area contributed by atoms with E-state index in [0.29, 0.717) is 10.0 Å². The SMILES string of the molecule is CC1CCC/C(=N\Nc2nc(-c3ccc(Cl)cc3Cl)cs2)C1. The van der Waals surface area contributed by atoms with Crippen molar-refractivity contribution in [3.63, 3.8) is 0 Å². The number of aromatic nitrogens is 1. The number of hydrogen-bond donors (Lipinski definition) is 1. The molecule has 2 aromatic rings. The van der Waals surface area contributed by atoms with Crippen molar-refractivity contribution >= 4 is 45.4 Å². The molecule has 0 amide bonds. The molecule has 1 aromatic heterocycles. The molecule has 1 heterocycles. The van der Waals surface area contributed by atoms with Gasteiger partial charge in [0.05, 0.1) is 10.7 Å². The lowest BCUT2D eigenvalue weighted by molar-refractivity contribution is 0.500. The molecule has 1 aliphatic carbocycles. The number of anilines is 1. The summed E-state index contributed by atoms with van der Waals surface area (Å²) in [5.74, 6) is 0.731. The van der Waals surface area contributed by atoms with E-state index in [1.807, 2.05) is 17.5 Å². The van der Waals surface area contributed by atoms with Gasteiger partial charge in [-0.2, -0.15) is 5.10 Å². The van der Waals surface area contributed by atoms with E-state index in [1.165, 1.54) is 29.9 Å². The molecule has 22 heavy (non-hydrogen) atoms. The van der Waals surface area contributed by atoms with Crippen molar-refractivity contribution in [3.05, 3.63) is 33.6 Å². The predicted octanol–water partition coefficient (Wildman–Crippen LogP) is 6.09. The van der Waals surface area contributed by atoms with Gasteiger partial charge in [-0.15, -0.1) is 11.3 Å². The number of halogens is 2. The van der Waals surface area contributed by atoms with Gasteiger partial charge in [0.25, 0.3) is 0 Å². The summed E-state index contributed by atoms with van der Waals surface area (Å²) in [5.41, 5.74) is 6.04. The Balaban J connectivity index is 1.72. The normalized spacial score (nSPS) is 20.3. The van der Waals surface area contributed by atoms with E-state index in [-0.39, 0.29) is 0 Å². The summed E-state index contributed by atoms with van der Waals surface area (Å²) in [5, 5.41) is 8.50. The number of hydrazone groups is 1. The molecule has 116 valence electrons. The molecule has 1 unspecified atom stereocenters. The van der Waals surface area contributed by atoms with Gasteiger partial charge >= 0.3 is 0 Å². The van der Waals surface area contributed by atoms with Crippen LogP contribution in [0, 0.1) is 5.92 Å². The van der Waals surface area contributed by atoms with Gasteiger partial charge in [0, 0.05) is 21.7 Å². The Kier molecular flexibility index (Phi) is 5.01. The largest absolute Gasteiger partial charge is 0.253 e. The number of rotatable bonds is 3. The standard InChI is InChI=1S/C16H17Cl2N3S/c1-10-3-2-4-12(7-10)20-21-16-19-15(9-22-16)13-6-5-11(17)8-14(13)18/h5-6,8-10H,2-4,7H2,1H3,(H,19,21)/b20-12+. The van der Waals surface area contributed by atoms with Crippen molar-refractivity contribution in [2.45, 2.75) is 32.6 Å². The van der Waals surface area contributed by atoms with E-state index >= 15 is 0 Å². The first kappa shape index (κ1) is 15.8. The Morgan fingerprint density at radius 3 is 3.00 bits per heavy atom. The van der Waals surface area contributed by atoms with Crippen LogP contribution in [0.1, 0.15) is 32.6 Å². The number of thiazole rings is 1. The fourth-order valence-corrected chi connectivity index (χ4v) is 3.79. The highest BCUT2D eigenvalue weighted by Gasteiger charge is 2.14. The maximum atomic E-state index is 6.22. The Morgan fingerprint density at radius 1 is 1.36 bits per heavy atom. The zero-order chi connectivity index (χ0) is 15.5. The molecule has 0 saturated heterocycles. The van der Waals surface area contributed by atoms with Crippen LogP contribution >= 0.6 is 34.5 Å². The number of hydrogen-bond acceptors (Lipinski definition) is 4. The molecule has 3 rings (SSSR count). The molecule has 0 spiro atoms. The zero-order valence-electron chi connectivity index (χ0n) is 12.3. The van der Waals surface area contributed by atoms with Crippen molar-refractivity contribution < 1.29 is 0 Å². The Hall–Kier alpha value is -1.10. The smallest absolute Gasteiger partial charge is 0.203 e. The molecule has 0 bridgehead atoms. The van der Waals surface area contributed by atoms with Crippen molar-refractivity contribution in [2.75, 3.05) is 5.43 Å². The molecule has 1 fully saturated rings. The molecule has 1 aliphatic rings. The van der Waals surface area contributed by atoms with Gasteiger partial charge in [0.15, 0.2) is 0 Å². The average Bonchev–Trinajstić information content (AvgIpc) is 2.94. The zero-order valence-corrected chi connectivity index (χ0v) is 14.6. The van der Waals surface area contributed by atoms with Gasteiger partial charge < -0.3 is 0 Å². The second kappa shape index (κ2) is 6.99. The molecule has 1 aromatic carbocycles. The van der Waals surface area contributed by atoms with Gasteiger partial charge in [-0.05, 0) is 49.8 Å². The van der Waals surface area contributed by atoms with E-state index in [1.54, 1.807) is 6.07 Å². The number of nitrogens with one attached hydrogen (secondary N) is 1. The first-order valence-corrected chi connectivity index (χ1v) is 8.98. The molecule has 0 aliphatic heterocycles. The maximum Gasteiger partial charge on any atom is 0.203 e. The van der Waals surface area contributed by atoms with Gasteiger partial charge in [-0.1, -0.05) is 30.1 Å². The van der Waals surface area contributed by atoms with E-state index in [0.717, 1.165) is 35.1 Å². The van der Waals surface area contributed by atoms with Gasteiger partial charge in [0.1, 0.15) is 0 Å². The van der Waals surface area contributed by atoms with Crippen molar-refractivity contribution in [2.24, 2.45) is 11.0 Å². The third kappa shape index (κ3) is 3.80. The number of benzene rings is 1. The molecule has 1 saturated carbocycles. The Labute approximate surface area is 144 Å². The summed E-state index contributed by atoms with van der Waals surface area (Å²) in [4.78, 5) is 4.55. The lowest BCUT2D eigenvalue weighted by atomic mass is 9.89. The second-order valence-electron chi connectivity index (χ2n) is 5.65. The molecular weight excluding hydrogens is 337 g/mol. The molecule has 3 nitrogen and oxygen atoms in total. The van der Waals surface area contributed by atoms with Crippen LogP contribution in [0.15, 0.2) is 28.7 Å². The third-order valence-electron chi connectivity index (χ3n) is 3.77. The molecule has 0 radical (unpaired) electrons. The van der Waals surface area contributed by atoms with E-state index < -0.39 is 0 Å². The van der Waals surface area contributed by atoms with Gasteiger partial charge in [-0.3, -0.25) is 5.43 Å². The highest BCUT2D eigenvalue weighted by molar-refractivity contribution is 7.14. The summed E-state index contributed by atoms with van der Waals surface area (Å²) in [6.07, 6.45) is 4.69. The quantitative estimate of drug-likeness (QED) is 0.677. The fourth-order valence-electron chi connectivity index (χ4n) is 2.64. The van der Waals surface area contributed by atoms with Crippen LogP contribution in [0.2, 0.25) is 10.0 Å². The maximum absolute atomic E-state index is 6.22. The minimum Gasteiger partial charge on any atom is -0.253 e. The summed E-state index contributed by atoms with van der Waals surface area (Å²) >= 11 is 13.7.